The Morgan fingerprint density at radius 1 is 1.29 bits per heavy atom. The summed E-state index contributed by atoms with van der Waals surface area (Å²) in [4.78, 5) is 2.14. The van der Waals surface area contributed by atoms with Gasteiger partial charge in [-0.1, -0.05) is 12.1 Å². The van der Waals surface area contributed by atoms with Gasteiger partial charge in [-0.15, -0.1) is 0 Å². The predicted octanol–water partition coefficient (Wildman–Crippen LogP) is 0.779. The van der Waals surface area contributed by atoms with Gasteiger partial charge in [-0.2, -0.15) is 0 Å². The number of hydrogen-bond acceptors (Lipinski definition) is 5. The molecule has 0 bridgehead atoms. The maximum absolute atomic E-state index is 9.11. The molecule has 1 aromatic carbocycles. The highest BCUT2D eigenvalue weighted by Gasteiger charge is 2.11. The fourth-order valence-electron chi connectivity index (χ4n) is 2.03. The van der Waals surface area contributed by atoms with Crippen LogP contribution in [0.5, 0.6) is 5.75 Å². The molecule has 0 spiro atoms. The Bertz CT molecular complexity index is 570. The van der Waals surface area contributed by atoms with Crippen LogP contribution in [0.1, 0.15) is 11.3 Å². The molecule has 0 aliphatic carbocycles. The molecule has 112 valence electrons. The lowest BCUT2D eigenvalue weighted by molar-refractivity contribution is 0.232. The van der Waals surface area contributed by atoms with Crippen molar-refractivity contribution in [2.45, 2.75) is 13.5 Å². The number of rotatable bonds is 7. The lowest BCUT2D eigenvalue weighted by atomic mass is 9.80. The molecule has 0 saturated carbocycles. The maximum atomic E-state index is 9.11. The second-order valence-electron chi connectivity index (χ2n) is 5.03. The van der Waals surface area contributed by atoms with E-state index >= 15 is 0 Å². The number of hydrogen-bond donors (Lipinski definition) is 2. The van der Waals surface area contributed by atoms with Crippen molar-refractivity contribution in [1.82, 2.24) is 4.90 Å². The summed E-state index contributed by atoms with van der Waals surface area (Å²) in [6.45, 7) is 4.04. The Balaban J connectivity index is 1.78. The monoisotopic (exact) mass is 289 g/mol. The topological polar surface area (TPSA) is 66.1 Å². The predicted molar refractivity (Wildman–Crippen MR) is 81.5 cm³/mol. The second-order valence-corrected chi connectivity index (χ2v) is 5.03. The second kappa shape index (κ2) is 7.31. The van der Waals surface area contributed by atoms with Crippen molar-refractivity contribution in [3.05, 3.63) is 47.9 Å². The quantitative estimate of drug-likeness (QED) is 0.737. The van der Waals surface area contributed by atoms with Crippen LogP contribution in [0.2, 0.25) is 0 Å². The van der Waals surface area contributed by atoms with Crippen molar-refractivity contribution in [2.24, 2.45) is 0 Å². The number of benzene rings is 1. The Kier molecular flexibility index (Phi) is 5.44. The fraction of sp³-hybridized carbons (Fsp3) is 0.333. The van der Waals surface area contributed by atoms with Gasteiger partial charge in [-0.05, 0) is 37.6 Å². The van der Waals surface area contributed by atoms with Gasteiger partial charge in [0.15, 0.2) is 0 Å². The summed E-state index contributed by atoms with van der Waals surface area (Å²) in [7, 11) is 0.546. The highest BCUT2D eigenvalue weighted by molar-refractivity contribution is 6.58. The lowest BCUT2D eigenvalue weighted by Gasteiger charge is -2.16. The van der Waals surface area contributed by atoms with E-state index in [0.717, 1.165) is 18.8 Å². The van der Waals surface area contributed by atoms with Crippen LogP contribution in [-0.4, -0.2) is 42.3 Å². The smallest absolute Gasteiger partial charge is 0.488 e. The van der Waals surface area contributed by atoms with Crippen molar-refractivity contribution < 1.29 is 19.2 Å². The molecule has 2 aromatic rings. The van der Waals surface area contributed by atoms with E-state index in [1.165, 1.54) is 5.56 Å². The first-order valence-corrected chi connectivity index (χ1v) is 6.86. The fourth-order valence-corrected chi connectivity index (χ4v) is 2.03. The molecule has 0 atom stereocenters. The molecule has 0 aliphatic heterocycles. The van der Waals surface area contributed by atoms with Gasteiger partial charge in [0, 0.05) is 18.7 Å². The van der Waals surface area contributed by atoms with Gasteiger partial charge in [-0.25, -0.2) is 0 Å². The number of furan rings is 1. The first kappa shape index (κ1) is 15.6. The van der Waals surface area contributed by atoms with Gasteiger partial charge in [0.05, 0.1) is 6.26 Å². The molecule has 6 heteroatoms. The normalized spacial score (nSPS) is 10.9. The Morgan fingerprint density at radius 2 is 2.10 bits per heavy atom. The van der Waals surface area contributed by atoms with E-state index in [4.69, 9.17) is 19.2 Å². The summed E-state index contributed by atoms with van der Waals surface area (Å²) in [5, 5.41) is 18.2. The van der Waals surface area contributed by atoms with Crippen molar-refractivity contribution >= 4 is 12.6 Å². The molecule has 0 aliphatic rings. The van der Waals surface area contributed by atoms with E-state index < -0.39 is 7.12 Å². The standard InChI is InChI=1S/C15H20BNO4/c1-12-13(6-8-20-12)11-17(2)7-9-21-15-5-3-4-14(10-15)16(18)19/h3-6,8,10,18-19H,7,9,11H2,1-2H3. The third-order valence-electron chi connectivity index (χ3n) is 3.30. The number of aryl methyl sites for hydroxylation is 1. The molecule has 0 unspecified atom stereocenters. The zero-order chi connectivity index (χ0) is 15.2. The minimum Gasteiger partial charge on any atom is -0.492 e. The number of ether oxygens (including phenoxy) is 1. The minimum absolute atomic E-state index is 0.426. The van der Waals surface area contributed by atoms with E-state index in [9.17, 15) is 0 Å². The SMILES string of the molecule is Cc1occc1CN(C)CCOc1cccc(B(O)O)c1. The van der Waals surface area contributed by atoms with Crippen molar-refractivity contribution in [3.63, 3.8) is 0 Å². The number of nitrogens with zero attached hydrogens (tertiary/aromatic N) is 1. The molecule has 5 nitrogen and oxygen atoms in total. The van der Waals surface area contributed by atoms with E-state index in [1.54, 1.807) is 30.5 Å². The van der Waals surface area contributed by atoms with E-state index in [-0.39, 0.29) is 0 Å². The zero-order valence-corrected chi connectivity index (χ0v) is 12.3. The molecule has 21 heavy (non-hydrogen) atoms. The van der Waals surface area contributed by atoms with Gasteiger partial charge in [0.2, 0.25) is 0 Å². The highest BCUT2D eigenvalue weighted by atomic mass is 16.5. The summed E-state index contributed by atoms with van der Waals surface area (Å²) in [5.41, 5.74) is 1.60. The highest BCUT2D eigenvalue weighted by Crippen LogP contribution is 2.11. The van der Waals surface area contributed by atoms with Crippen molar-refractivity contribution in [1.29, 1.82) is 0 Å². The molecule has 0 fully saturated rings. The summed E-state index contributed by atoms with van der Waals surface area (Å²) in [6.07, 6.45) is 1.70. The van der Waals surface area contributed by atoms with E-state index in [0.29, 0.717) is 17.8 Å². The molecule has 1 heterocycles. The van der Waals surface area contributed by atoms with E-state index in [2.05, 4.69) is 4.90 Å². The molecule has 0 radical (unpaired) electrons. The molecular formula is C15H20BNO4. The average molecular weight is 289 g/mol. The van der Waals surface area contributed by atoms with Crippen LogP contribution in [0.4, 0.5) is 0 Å². The summed E-state index contributed by atoms with van der Waals surface area (Å²) in [5.74, 6) is 1.57. The van der Waals surface area contributed by atoms with Crippen LogP contribution < -0.4 is 10.2 Å². The van der Waals surface area contributed by atoms with Gasteiger partial charge >= 0.3 is 7.12 Å². The summed E-state index contributed by atoms with van der Waals surface area (Å²) >= 11 is 0. The van der Waals surface area contributed by atoms with Crippen molar-refractivity contribution in [3.8, 4) is 5.75 Å². The third kappa shape index (κ3) is 4.63. The Labute approximate surface area is 124 Å². The van der Waals surface area contributed by atoms with Gasteiger partial charge in [0.25, 0.3) is 0 Å². The van der Waals surface area contributed by atoms with Crippen LogP contribution >= 0.6 is 0 Å². The summed E-state index contributed by atoms with van der Waals surface area (Å²) < 4.78 is 10.9. The first-order valence-electron chi connectivity index (χ1n) is 6.86. The summed E-state index contributed by atoms with van der Waals surface area (Å²) in [6, 6.07) is 8.78. The Hall–Kier alpha value is -1.76. The molecule has 2 N–H and O–H groups in total. The maximum Gasteiger partial charge on any atom is 0.488 e. The molecular weight excluding hydrogens is 269 g/mol. The molecule has 0 amide bonds. The Morgan fingerprint density at radius 3 is 2.76 bits per heavy atom. The van der Waals surface area contributed by atoms with Crippen LogP contribution in [0, 0.1) is 6.92 Å². The van der Waals surface area contributed by atoms with Crippen LogP contribution in [0.25, 0.3) is 0 Å². The van der Waals surface area contributed by atoms with Gasteiger partial charge in [-0.3, -0.25) is 4.90 Å². The zero-order valence-electron chi connectivity index (χ0n) is 12.3. The third-order valence-corrected chi connectivity index (χ3v) is 3.30. The molecule has 0 saturated heterocycles. The van der Waals surface area contributed by atoms with Crippen molar-refractivity contribution in [2.75, 3.05) is 20.2 Å². The van der Waals surface area contributed by atoms with E-state index in [1.807, 2.05) is 20.0 Å². The van der Waals surface area contributed by atoms with Gasteiger partial charge < -0.3 is 19.2 Å². The minimum atomic E-state index is -1.47. The molecule has 1 aromatic heterocycles. The largest absolute Gasteiger partial charge is 0.492 e. The van der Waals surface area contributed by atoms with Crippen LogP contribution in [0.15, 0.2) is 41.0 Å². The molecule has 2 rings (SSSR count). The van der Waals surface area contributed by atoms with Crippen LogP contribution in [-0.2, 0) is 6.54 Å². The number of likely N-dealkylation sites (N-methyl/N-ethyl adjacent to an activating group) is 1. The van der Waals surface area contributed by atoms with Crippen LogP contribution in [0.3, 0.4) is 0 Å². The lowest BCUT2D eigenvalue weighted by Crippen LogP contribution is -2.29. The first-order chi connectivity index (χ1) is 10.1. The van der Waals surface area contributed by atoms with Gasteiger partial charge in [0.1, 0.15) is 18.1 Å². The average Bonchev–Trinajstić information content (AvgIpc) is 2.84.